The molecule has 5 nitrogen and oxygen atoms in total. The highest BCUT2D eigenvalue weighted by atomic mass is 35.5. The van der Waals surface area contributed by atoms with Crippen LogP contribution in [0.5, 0.6) is 0 Å². The minimum absolute atomic E-state index is 0.0656. The first-order valence-electron chi connectivity index (χ1n) is 7.23. The number of benzene rings is 1. The number of unbranched alkanes of at least 4 members (excludes halogenated alkanes) is 1. The standard InChI is InChI=1S/C15H23ClN2O3S/c1-4-5-10-17(2)15(19)9-11-18(22(3,20)21)14-8-6-7-13(16)12-14/h6-8,12H,4-5,9-11H2,1-3H3. The molecule has 0 saturated heterocycles. The van der Waals surface area contributed by atoms with Gasteiger partial charge < -0.3 is 4.90 Å². The van der Waals surface area contributed by atoms with E-state index in [1.165, 1.54) is 4.31 Å². The highest BCUT2D eigenvalue weighted by Crippen LogP contribution is 2.22. The van der Waals surface area contributed by atoms with Gasteiger partial charge in [0.15, 0.2) is 0 Å². The number of carbonyl (C=O) groups excluding carboxylic acids is 1. The van der Waals surface area contributed by atoms with Crippen molar-refractivity contribution in [1.29, 1.82) is 0 Å². The molecule has 0 atom stereocenters. The topological polar surface area (TPSA) is 57.7 Å². The van der Waals surface area contributed by atoms with Gasteiger partial charge in [0, 0.05) is 31.6 Å². The first-order valence-corrected chi connectivity index (χ1v) is 9.45. The van der Waals surface area contributed by atoms with E-state index in [0.29, 0.717) is 17.3 Å². The van der Waals surface area contributed by atoms with Crippen LogP contribution in [0.4, 0.5) is 5.69 Å². The minimum atomic E-state index is -3.47. The van der Waals surface area contributed by atoms with E-state index in [1.807, 2.05) is 0 Å². The molecule has 0 radical (unpaired) electrons. The molecule has 1 aromatic carbocycles. The zero-order valence-corrected chi connectivity index (χ0v) is 14.8. The minimum Gasteiger partial charge on any atom is -0.346 e. The number of carbonyl (C=O) groups is 1. The normalized spacial score (nSPS) is 11.3. The average molecular weight is 347 g/mol. The summed E-state index contributed by atoms with van der Waals surface area (Å²) < 4.78 is 25.1. The van der Waals surface area contributed by atoms with E-state index in [9.17, 15) is 13.2 Å². The zero-order valence-electron chi connectivity index (χ0n) is 13.3. The van der Waals surface area contributed by atoms with Crippen LogP contribution in [0.25, 0.3) is 0 Å². The Balaban J connectivity index is 2.78. The summed E-state index contributed by atoms with van der Waals surface area (Å²) in [5, 5.41) is 0.456. The Morgan fingerprint density at radius 1 is 1.27 bits per heavy atom. The van der Waals surface area contributed by atoms with Crippen LogP contribution in [0.2, 0.25) is 5.02 Å². The lowest BCUT2D eigenvalue weighted by molar-refractivity contribution is -0.129. The van der Waals surface area contributed by atoms with Crippen LogP contribution in [0, 0.1) is 0 Å². The summed E-state index contributed by atoms with van der Waals surface area (Å²) in [6, 6.07) is 6.60. The van der Waals surface area contributed by atoms with Crippen molar-refractivity contribution in [2.24, 2.45) is 0 Å². The van der Waals surface area contributed by atoms with E-state index >= 15 is 0 Å². The van der Waals surface area contributed by atoms with Crippen molar-refractivity contribution in [3.8, 4) is 0 Å². The molecular weight excluding hydrogens is 324 g/mol. The number of hydrogen-bond acceptors (Lipinski definition) is 3. The number of nitrogens with zero attached hydrogens (tertiary/aromatic N) is 2. The van der Waals surface area contributed by atoms with Crippen molar-refractivity contribution in [3.05, 3.63) is 29.3 Å². The van der Waals surface area contributed by atoms with E-state index in [4.69, 9.17) is 11.6 Å². The second-order valence-corrected chi connectivity index (χ2v) is 7.58. The third-order valence-electron chi connectivity index (χ3n) is 3.30. The first-order chi connectivity index (χ1) is 10.3. The highest BCUT2D eigenvalue weighted by molar-refractivity contribution is 7.92. The predicted octanol–water partition coefficient (Wildman–Crippen LogP) is 2.75. The zero-order chi connectivity index (χ0) is 16.8. The maximum absolute atomic E-state index is 12.1. The van der Waals surface area contributed by atoms with Gasteiger partial charge in [-0.1, -0.05) is 31.0 Å². The molecular formula is C15H23ClN2O3S. The molecule has 1 aromatic rings. The lowest BCUT2D eigenvalue weighted by Crippen LogP contribution is -2.35. The molecule has 0 aliphatic rings. The number of hydrogen-bond donors (Lipinski definition) is 0. The molecule has 1 rings (SSSR count). The van der Waals surface area contributed by atoms with Crippen LogP contribution in [0.1, 0.15) is 26.2 Å². The van der Waals surface area contributed by atoms with Crippen LogP contribution in [-0.2, 0) is 14.8 Å². The van der Waals surface area contributed by atoms with Crippen molar-refractivity contribution < 1.29 is 13.2 Å². The van der Waals surface area contributed by atoms with Gasteiger partial charge in [0.2, 0.25) is 15.9 Å². The van der Waals surface area contributed by atoms with E-state index < -0.39 is 10.0 Å². The maximum atomic E-state index is 12.1. The molecule has 0 aromatic heterocycles. The largest absolute Gasteiger partial charge is 0.346 e. The van der Waals surface area contributed by atoms with E-state index in [0.717, 1.165) is 19.1 Å². The molecule has 0 saturated carbocycles. The Kier molecular flexibility index (Phi) is 7.16. The van der Waals surface area contributed by atoms with E-state index in [1.54, 1.807) is 36.2 Å². The molecule has 22 heavy (non-hydrogen) atoms. The molecule has 0 heterocycles. The van der Waals surface area contributed by atoms with Gasteiger partial charge in [-0.3, -0.25) is 9.10 Å². The molecule has 124 valence electrons. The Morgan fingerprint density at radius 3 is 2.50 bits per heavy atom. The third kappa shape index (κ3) is 5.85. The SMILES string of the molecule is CCCCN(C)C(=O)CCN(c1cccc(Cl)c1)S(C)(=O)=O. The number of sulfonamides is 1. The molecule has 0 unspecified atom stereocenters. The van der Waals surface area contributed by atoms with Crippen molar-refractivity contribution in [1.82, 2.24) is 4.90 Å². The number of rotatable bonds is 8. The van der Waals surface area contributed by atoms with E-state index in [-0.39, 0.29) is 18.9 Å². The van der Waals surface area contributed by atoms with Gasteiger partial charge in [-0.05, 0) is 24.6 Å². The quantitative estimate of drug-likeness (QED) is 0.727. The third-order valence-corrected chi connectivity index (χ3v) is 4.73. The van der Waals surface area contributed by atoms with Gasteiger partial charge in [0.25, 0.3) is 0 Å². The lowest BCUT2D eigenvalue weighted by Gasteiger charge is -2.24. The summed E-state index contributed by atoms with van der Waals surface area (Å²) in [4.78, 5) is 13.7. The molecule has 0 spiro atoms. The summed E-state index contributed by atoms with van der Waals surface area (Å²) in [5.41, 5.74) is 0.471. The number of amides is 1. The molecule has 1 amide bonds. The molecule has 0 fully saturated rings. The van der Waals surface area contributed by atoms with Gasteiger partial charge in [-0.25, -0.2) is 8.42 Å². The first kappa shape index (κ1) is 18.8. The summed E-state index contributed by atoms with van der Waals surface area (Å²) in [7, 11) is -1.73. The molecule has 0 N–H and O–H groups in total. The summed E-state index contributed by atoms with van der Waals surface area (Å²) in [5.74, 6) is -0.0656. The Labute approximate surface area is 137 Å². The lowest BCUT2D eigenvalue weighted by atomic mass is 10.3. The van der Waals surface area contributed by atoms with Gasteiger partial charge in [0.05, 0.1) is 11.9 Å². The van der Waals surface area contributed by atoms with Crippen LogP contribution in [-0.4, -0.2) is 45.6 Å². The maximum Gasteiger partial charge on any atom is 0.232 e. The van der Waals surface area contributed by atoms with Crippen LogP contribution in [0.15, 0.2) is 24.3 Å². The fourth-order valence-corrected chi connectivity index (χ4v) is 3.13. The average Bonchev–Trinajstić information content (AvgIpc) is 2.43. The summed E-state index contributed by atoms with van der Waals surface area (Å²) >= 11 is 5.91. The van der Waals surface area contributed by atoms with Crippen LogP contribution in [0.3, 0.4) is 0 Å². The van der Waals surface area contributed by atoms with Crippen molar-refractivity contribution in [2.45, 2.75) is 26.2 Å². The van der Waals surface area contributed by atoms with Crippen molar-refractivity contribution in [2.75, 3.05) is 30.7 Å². The fraction of sp³-hybridized carbons (Fsp3) is 0.533. The van der Waals surface area contributed by atoms with E-state index in [2.05, 4.69) is 6.92 Å². The highest BCUT2D eigenvalue weighted by Gasteiger charge is 2.19. The molecule has 7 heteroatoms. The van der Waals surface area contributed by atoms with Crippen molar-refractivity contribution >= 4 is 33.2 Å². The van der Waals surface area contributed by atoms with Gasteiger partial charge in [-0.2, -0.15) is 0 Å². The smallest absolute Gasteiger partial charge is 0.232 e. The monoisotopic (exact) mass is 346 g/mol. The molecule has 0 bridgehead atoms. The number of anilines is 1. The summed E-state index contributed by atoms with van der Waals surface area (Å²) in [6.07, 6.45) is 3.21. The second kappa shape index (κ2) is 8.39. The van der Waals surface area contributed by atoms with Crippen LogP contribution < -0.4 is 4.31 Å². The van der Waals surface area contributed by atoms with Crippen molar-refractivity contribution in [3.63, 3.8) is 0 Å². The Bertz CT molecular complexity index is 605. The fourth-order valence-electron chi connectivity index (χ4n) is 2.03. The van der Waals surface area contributed by atoms with Crippen LogP contribution >= 0.6 is 11.6 Å². The Hall–Kier alpha value is -1.27. The number of halogens is 1. The van der Waals surface area contributed by atoms with Gasteiger partial charge in [0.1, 0.15) is 0 Å². The predicted molar refractivity (Wildman–Crippen MR) is 90.8 cm³/mol. The van der Waals surface area contributed by atoms with Gasteiger partial charge in [-0.15, -0.1) is 0 Å². The second-order valence-electron chi connectivity index (χ2n) is 5.23. The van der Waals surface area contributed by atoms with Gasteiger partial charge >= 0.3 is 0 Å². The molecule has 0 aliphatic carbocycles. The molecule has 0 aliphatic heterocycles. The summed E-state index contributed by atoms with van der Waals surface area (Å²) in [6.45, 7) is 2.85. The Morgan fingerprint density at radius 2 is 1.95 bits per heavy atom.